The van der Waals surface area contributed by atoms with Crippen molar-refractivity contribution in [1.82, 2.24) is 5.32 Å². The maximum Gasteiger partial charge on any atom is 0.0172 e. The van der Waals surface area contributed by atoms with Crippen LogP contribution < -0.4 is 5.32 Å². The van der Waals surface area contributed by atoms with E-state index < -0.39 is 0 Å². The topological polar surface area (TPSA) is 12.0 Å². The first-order valence-corrected chi connectivity index (χ1v) is 8.80. The molecule has 0 aliphatic heterocycles. The smallest absolute Gasteiger partial charge is 0.0172 e. The Kier molecular flexibility index (Phi) is 5.47. The molecule has 2 heteroatoms. The zero-order valence-electron chi connectivity index (χ0n) is 12.7. The van der Waals surface area contributed by atoms with E-state index in [-0.39, 0.29) is 0 Å². The number of hydrogen-bond donors (Lipinski definition) is 1. The first-order valence-electron chi connectivity index (χ1n) is 7.92. The van der Waals surface area contributed by atoms with Crippen LogP contribution in [0.15, 0.2) is 17.5 Å². The summed E-state index contributed by atoms with van der Waals surface area (Å²) < 4.78 is 0. The van der Waals surface area contributed by atoms with Gasteiger partial charge >= 0.3 is 0 Å². The highest BCUT2D eigenvalue weighted by atomic mass is 32.1. The Hall–Kier alpha value is -0.340. The van der Waals surface area contributed by atoms with E-state index >= 15 is 0 Å². The molecular weight excluding hydrogens is 250 g/mol. The van der Waals surface area contributed by atoms with Crippen molar-refractivity contribution in [3.05, 3.63) is 22.4 Å². The largest absolute Gasteiger partial charge is 0.313 e. The van der Waals surface area contributed by atoms with Crippen molar-refractivity contribution in [3.8, 4) is 0 Å². The second-order valence-corrected chi connectivity index (χ2v) is 7.59. The van der Waals surface area contributed by atoms with Gasteiger partial charge in [0.05, 0.1) is 0 Å². The van der Waals surface area contributed by atoms with Gasteiger partial charge in [0.15, 0.2) is 0 Å². The Morgan fingerprint density at radius 3 is 2.58 bits per heavy atom. The minimum absolute atomic E-state index is 0.550. The van der Waals surface area contributed by atoms with E-state index in [1.165, 1.54) is 38.5 Å². The highest BCUT2D eigenvalue weighted by molar-refractivity contribution is 7.09. The van der Waals surface area contributed by atoms with E-state index in [0.717, 1.165) is 12.5 Å². The van der Waals surface area contributed by atoms with Crippen molar-refractivity contribution in [1.29, 1.82) is 0 Å². The summed E-state index contributed by atoms with van der Waals surface area (Å²) in [7, 11) is 0. The molecule has 2 rings (SSSR count). The lowest BCUT2D eigenvalue weighted by molar-refractivity contribution is 0.156. The maximum absolute atomic E-state index is 3.82. The van der Waals surface area contributed by atoms with Crippen LogP contribution in [0.3, 0.4) is 0 Å². The molecule has 1 heterocycles. The molecule has 1 nitrogen and oxygen atoms in total. The Morgan fingerprint density at radius 2 is 2.05 bits per heavy atom. The highest BCUT2D eigenvalue weighted by Crippen LogP contribution is 2.46. The Labute approximate surface area is 122 Å². The summed E-state index contributed by atoms with van der Waals surface area (Å²) in [6.45, 7) is 8.11. The van der Waals surface area contributed by atoms with Gasteiger partial charge in [-0.15, -0.1) is 11.3 Å². The van der Waals surface area contributed by atoms with Crippen LogP contribution in [0.25, 0.3) is 0 Å². The Morgan fingerprint density at radius 1 is 1.32 bits per heavy atom. The zero-order chi connectivity index (χ0) is 13.7. The van der Waals surface area contributed by atoms with Crippen LogP contribution in [0.2, 0.25) is 0 Å². The van der Waals surface area contributed by atoms with Crippen LogP contribution in [-0.4, -0.2) is 12.6 Å². The molecule has 19 heavy (non-hydrogen) atoms. The number of hydrogen-bond acceptors (Lipinski definition) is 2. The molecule has 0 saturated heterocycles. The highest BCUT2D eigenvalue weighted by Gasteiger charge is 2.41. The van der Waals surface area contributed by atoms with Gasteiger partial charge in [0, 0.05) is 10.9 Å². The molecule has 0 bridgehead atoms. The predicted molar refractivity (Wildman–Crippen MR) is 85.8 cm³/mol. The fourth-order valence-corrected chi connectivity index (χ4v) is 4.72. The first kappa shape index (κ1) is 15.1. The predicted octanol–water partition coefficient (Wildman–Crippen LogP) is 4.88. The second kappa shape index (κ2) is 6.90. The third-order valence-corrected chi connectivity index (χ3v) is 5.49. The molecule has 108 valence electrons. The number of nitrogens with one attached hydrogen (secondary N) is 1. The molecule has 1 aliphatic carbocycles. The summed E-state index contributed by atoms with van der Waals surface area (Å²) in [6, 6.07) is 5.15. The molecule has 1 aromatic rings. The summed E-state index contributed by atoms with van der Waals surface area (Å²) >= 11 is 1.91. The van der Waals surface area contributed by atoms with Crippen LogP contribution >= 0.6 is 11.3 Å². The molecule has 1 aliphatic rings. The molecule has 0 radical (unpaired) electrons. The van der Waals surface area contributed by atoms with Crippen LogP contribution in [-0.2, 0) is 6.42 Å². The van der Waals surface area contributed by atoms with Crippen molar-refractivity contribution in [3.63, 3.8) is 0 Å². The van der Waals surface area contributed by atoms with Crippen LogP contribution in [0.4, 0.5) is 0 Å². The molecule has 1 saturated carbocycles. The van der Waals surface area contributed by atoms with Gasteiger partial charge in [0.2, 0.25) is 0 Å². The fraction of sp³-hybridized carbons (Fsp3) is 0.765. The van der Waals surface area contributed by atoms with E-state index in [9.17, 15) is 0 Å². The SMILES string of the molecule is CCNC(Cc1cccs1)C1(CC(C)C)CCCC1. The average Bonchev–Trinajstić information content (AvgIpc) is 2.99. The van der Waals surface area contributed by atoms with Crippen molar-refractivity contribution in [2.45, 2.75) is 65.3 Å². The van der Waals surface area contributed by atoms with Gasteiger partial charge in [-0.1, -0.05) is 39.7 Å². The minimum Gasteiger partial charge on any atom is -0.313 e. The number of likely N-dealkylation sites (N-methyl/N-ethyl adjacent to an activating group) is 1. The summed E-state index contributed by atoms with van der Waals surface area (Å²) in [5, 5.41) is 6.03. The van der Waals surface area contributed by atoms with Gasteiger partial charge in [0.1, 0.15) is 0 Å². The minimum atomic E-state index is 0.550. The lowest BCUT2D eigenvalue weighted by Crippen LogP contribution is -2.46. The zero-order valence-corrected chi connectivity index (χ0v) is 13.6. The fourth-order valence-electron chi connectivity index (χ4n) is 3.97. The van der Waals surface area contributed by atoms with Gasteiger partial charge in [-0.25, -0.2) is 0 Å². The van der Waals surface area contributed by atoms with E-state index in [1.54, 1.807) is 4.88 Å². The maximum atomic E-state index is 3.82. The number of rotatable bonds is 7. The molecule has 1 fully saturated rings. The molecular formula is C17H29NS. The first-order chi connectivity index (χ1) is 9.16. The summed E-state index contributed by atoms with van der Waals surface area (Å²) in [6.07, 6.45) is 8.31. The molecule has 1 N–H and O–H groups in total. The molecule has 1 atom stereocenters. The van der Waals surface area contributed by atoms with Crippen LogP contribution in [0, 0.1) is 11.3 Å². The third kappa shape index (κ3) is 3.82. The molecule has 0 aromatic carbocycles. The summed E-state index contributed by atoms with van der Waals surface area (Å²) in [4.78, 5) is 1.54. The average molecular weight is 279 g/mol. The van der Waals surface area contributed by atoms with E-state index in [4.69, 9.17) is 0 Å². The van der Waals surface area contributed by atoms with Crippen molar-refractivity contribution >= 4 is 11.3 Å². The van der Waals surface area contributed by atoms with Crippen molar-refractivity contribution in [2.24, 2.45) is 11.3 Å². The van der Waals surface area contributed by atoms with Crippen LogP contribution in [0.1, 0.15) is 57.8 Å². The molecule has 0 spiro atoms. The van der Waals surface area contributed by atoms with Crippen molar-refractivity contribution in [2.75, 3.05) is 6.54 Å². The normalized spacial score (nSPS) is 20.0. The van der Waals surface area contributed by atoms with Gasteiger partial charge in [0.25, 0.3) is 0 Å². The van der Waals surface area contributed by atoms with Crippen molar-refractivity contribution < 1.29 is 0 Å². The number of thiophene rings is 1. The van der Waals surface area contributed by atoms with Gasteiger partial charge in [-0.2, -0.15) is 0 Å². The lowest BCUT2D eigenvalue weighted by Gasteiger charge is -2.39. The third-order valence-electron chi connectivity index (χ3n) is 4.59. The van der Waals surface area contributed by atoms with Crippen LogP contribution in [0.5, 0.6) is 0 Å². The summed E-state index contributed by atoms with van der Waals surface area (Å²) in [5.41, 5.74) is 0.550. The molecule has 1 unspecified atom stereocenters. The second-order valence-electron chi connectivity index (χ2n) is 6.56. The van der Waals surface area contributed by atoms with E-state index in [2.05, 4.69) is 43.6 Å². The summed E-state index contributed by atoms with van der Waals surface area (Å²) in [5.74, 6) is 0.808. The van der Waals surface area contributed by atoms with Gasteiger partial charge in [-0.3, -0.25) is 0 Å². The van der Waals surface area contributed by atoms with E-state index in [1.807, 2.05) is 11.3 Å². The standard InChI is InChI=1S/C17H29NS/c1-4-18-16(12-15-8-7-11-19-15)17(13-14(2)3)9-5-6-10-17/h7-8,11,14,16,18H,4-6,9-10,12-13H2,1-3H3. The Bertz CT molecular complexity index is 349. The van der Waals surface area contributed by atoms with Gasteiger partial charge in [-0.05, 0) is 55.0 Å². The monoisotopic (exact) mass is 279 g/mol. The quantitative estimate of drug-likeness (QED) is 0.750. The molecule has 1 aromatic heterocycles. The lowest BCUT2D eigenvalue weighted by atomic mass is 9.71. The van der Waals surface area contributed by atoms with E-state index in [0.29, 0.717) is 11.5 Å². The Balaban J connectivity index is 2.13. The van der Waals surface area contributed by atoms with Gasteiger partial charge < -0.3 is 5.32 Å². The molecule has 0 amide bonds.